The zero-order valence-electron chi connectivity index (χ0n) is 14.1. The fraction of sp³-hybridized carbons (Fsp3) is 1.00. The van der Waals surface area contributed by atoms with Gasteiger partial charge in [0, 0.05) is 38.6 Å². The Labute approximate surface area is 131 Å². The van der Waals surface area contributed by atoms with Crippen LogP contribution in [0.15, 0.2) is 0 Å². The Morgan fingerprint density at radius 3 is 2.19 bits per heavy atom. The van der Waals surface area contributed by atoms with Crippen molar-refractivity contribution in [2.24, 2.45) is 17.8 Å². The summed E-state index contributed by atoms with van der Waals surface area (Å²) in [6.45, 7) is 9.77. The Balaban J connectivity index is 1.28. The molecule has 3 rings (SSSR count). The van der Waals surface area contributed by atoms with Gasteiger partial charge in [-0.1, -0.05) is 19.8 Å². The lowest BCUT2D eigenvalue weighted by Gasteiger charge is -2.39. The lowest BCUT2D eigenvalue weighted by atomic mass is 9.82. The summed E-state index contributed by atoms with van der Waals surface area (Å²) < 4.78 is 6.13. The van der Waals surface area contributed by atoms with Gasteiger partial charge in [0.2, 0.25) is 0 Å². The van der Waals surface area contributed by atoms with Gasteiger partial charge in [0.1, 0.15) is 0 Å². The third-order valence-corrected chi connectivity index (χ3v) is 5.89. The average molecular weight is 294 g/mol. The summed E-state index contributed by atoms with van der Waals surface area (Å²) in [7, 11) is 2.20. The van der Waals surface area contributed by atoms with Gasteiger partial charge in [0.05, 0.1) is 12.7 Å². The van der Waals surface area contributed by atoms with Gasteiger partial charge in [-0.2, -0.15) is 0 Å². The molecule has 3 fully saturated rings. The van der Waals surface area contributed by atoms with E-state index in [0.29, 0.717) is 6.10 Å². The van der Waals surface area contributed by atoms with Crippen molar-refractivity contribution < 1.29 is 4.74 Å². The molecular formula is C18H34N2O. The molecule has 0 atom stereocenters. The van der Waals surface area contributed by atoms with E-state index in [1.807, 2.05) is 0 Å². The van der Waals surface area contributed by atoms with Crippen LogP contribution in [0.4, 0.5) is 0 Å². The van der Waals surface area contributed by atoms with Crippen LogP contribution in [0.25, 0.3) is 0 Å². The van der Waals surface area contributed by atoms with Crippen LogP contribution >= 0.6 is 0 Å². The van der Waals surface area contributed by atoms with E-state index in [9.17, 15) is 0 Å². The van der Waals surface area contributed by atoms with E-state index in [1.165, 1.54) is 71.2 Å². The van der Waals surface area contributed by atoms with E-state index in [4.69, 9.17) is 4.74 Å². The summed E-state index contributed by atoms with van der Waals surface area (Å²) >= 11 is 0. The molecule has 122 valence electrons. The fourth-order valence-corrected chi connectivity index (χ4v) is 4.34. The quantitative estimate of drug-likeness (QED) is 0.775. The van der Waals surface area contributed by atoms with E-state index in [0.717, 1.165) is 24.4 Å². The molecule has 3 heteroatoms. The summed E-state index contributed by atoms with van der Waals surface area (Å²) in [5, 5.41) is 0. The predicted octanol–water partition coefficient (Wildman–Crippen LogP) is 2.86. The maximum atomic E-state index is 6.13. The number of hydrogen-bond acceptors (Lipinski definition) is 3. The smallest absolute Gasteiger partial charge is 0.0599 e. The van der Waals surface area contributed by atoms with Crippen LogP contribution in [-0.4, -0.2) is 62.3 Å². The van der Waals surface area contributed by atoms with E-state index < -0.39 is 0 Å². The third-order valence-electron chi connectivity index (χ3n) is 5.89. The van der Waals surface area contributed by atoms with Gasteiger partial charge in [-0.15, -0.1) is 0 Å². The molecule has 0 aromatic carbocycles. The molecule has 0 N–H and O–H groups in total. The zero-order chi connectivity index (χ0) is 14.7. The maximum absolute atomic E-state index is 6.13. The topological polar surface area (TPSA) is 15.7 Å². The first-order valence-electron chi connectivity index (χ1n) is 9.21. The number of likely N-dealkylation sites (tertiary alicyclic amines) is 2. The van der Waals surface area contributed by atoms with Crippen LogP contribution in [-0.2, 0) is 4.74 Å². The normalized spacial score (nSPS) is 34.0. The summed E-state index contributed by atoms with van der Waals surface area (Å²) in [6.07, 6.45) is 8.90. The molecule has 0 bridgehead atoms. The van der Waals surface area contributed by atoms with E-state index in [1.54, 1.807) is 0 Å². The van der Waals surface area contributed by atoms with Crippen molar-refractivity contribution in [3.05, 3.63) is 0 Å². The second kappa shape index (κ2) is 7.43. The molecule has 0 aromatic rings. The van der Waals surface area contributed by atoms with Gasteiger partial charge in [-0.3, -0.25) is 0 Å². The van der Waals surface area contributed by atoms with Crippen molar-refractivity contribution in [3.8, 4) is 0 Å². The van der Waals surface area contributed by atoms with E-state index >= 15 is 0 Å². The molecule has 1 aliphatic carbocycles. The first-order valence-corrected chi connectivity index (χ1v) is 9.21. The van der Waals surface area contributed by atoms with Crippen LogP contribution < -0.4 is 0 Å². The molecule has 1 saturated carbocycles. The van der Waals surface area contributed by atoms with Gasteiger partial charge >= 0.3 is 0 Å². The molecule has 2 heterocycles. The summed E-state index contributed by atoms with van der Waals surface area (Å²) in [4.78, 5) is 5.08. The molecule has 0 spiro atoms. The molecule has 2 aliphatic heterocycles. The zero-order valence-corrected chi connectivity index (χ0v) is 14.1. The number of nitrogens with zero attached hydrogens (tertiary/aromatic N) is 2. The first-order chi connectivity index (χ1) is 10.2. The number of hydrogen-bond donors (Lipinski definition) is 0. The highest BCUT2D eigenvalue weighted by atomic mass is 16.5. The highest BCUT2D eigenvalue weighted by molar-refractivity contribution is 4.80. The lowest BCUT2D eigenvalue weighted by molar-refractivity contribution is -0.0394. The van der Waals surface area contributed by atoms with Gasteiger partial charge in [0.15, 0.2) is 0 Å². The third kappa shape index (κ3) is 4.67. The largest absolute Gasteiger partial charge is 0.378 e. The Kier molecular flexibility index (Phi) is 5.58. The average Bonchev–Trinajstić information content (AvgIpc) is 2.46. The standard InChI is InChI=1S/C18H34N2O/c1-15-3-5-16(6-4-15)13-20-9-7-18(8-10-20)21-14-17-11-19(2)12-17/h15-18H,3-14H2,1-2H3. The fourth-order valence-electron chi connectivity index (χ4n) is 4.34. The lowest BCUT2D eigenvalue weighted by Crippen LogP contribution is -2.47. The molecular weight excluding hydrogens is 260 g/mol. The SMILES string of the molecule is CC1CCC(CN2CCC(OCC3CN(C)C3)CC2)CC1. The highest BCUT2D eigenvalue weighted by Crippen LogP contribution is 2.29. The minimum atomic E-state index is 0.540. The number of rotatable bonds is 5. The van der Waals surface area contributed by atoms with Crippen molar-refractivity contribution in [2.45, 2.75) is 51.6 Å². The van der Waals surface area contributed by atoms with Crippen molar-refractivity contribution in [1.82, 2.24) is 9.80 Å². The summed E-state index contributed by atoms with van der Waals surface area (Å²) in [5.74, 6) is 2.76. The van der Waals surface area contributed by atoms with Crippen LogP contribution in [0, 0.1) is 17.8 Å². The van der Waals surface area contributed by atoms with E-state index in [2.05, 4.69) is 23.8 Å². The van der Waals surface area contributed by atoms with Crippen LogP contribution in [0.3, 0.4) is 0 Å². The molecule has 0 aromatic heterocycles. The van der Waals surface area contributed by atoms with Gasteiger partial charge in [-0.05, 0) is 44.6 Å². The minimum Gasteiger partial charge on any atom is -0.378 e. The van der Waals surface area contributed by atoms with E-state index in [-0.39, 0.29) is 0 Å². The second-order valence-electron chi connectivity index (χ2n) is 8.05. The maximum Gasteiger partial charge on any atom is 0.0599 e. The monoisotopic (exact) mass is 294 g/mol. The Morgan fingerprint density at radius 1 is 0.905 bits per heavy atom. The van der Waals surface area contributed by atoms with Crippen LogP contribution in [0.5, 0.6) is 0 Å². The predicted molar refractivity (Wildman–Crippen MR) is 87.5 cm³/mol. The molecule has 21 heavy (non-hydrogen) atoms. The van der Waals surface area contributed by atoms with Gasteiger partial charge in [0.25, 0.3) is 0 Å². The van der Waals surface area contributed by atoms with Crippen molar-refractivity contribution in [2.75, 3.05) is 46.4 Å². The second-order valence-corrected chi connectivity index (χ2v) is 8.05. The van der Waals surface area contributed by atoms with Gasteiger partial charge in [-0.25, -0.2) is 0 Å². The van der Waals surface area contributed by atoms with Crippen molar-refractivity contribution in [3.63, 3.8) is 0 Å². The van der Waals surface area contributed by atoms with Crippen molar-refractivity contribution >= 4 is 0 Å². The Morgan fingerprint density at radius 2 is 1.57 bits per heavy atom. The molecule has 0 radical (unpaired) electrons. The highest BCUT2D eigenvalue weighted by Gasteiger charge is 2.27. The minimum absolute atomic E-state index is 0.540. The number of piperidine rings is 1. The van der Waals surface area contributed by atoms with Crippen LogP contribution in [0.1, 0.15) is 45.4 Å². The summed E-state index contributed by atoms with van der Waals surface area (Å²) in [6, 6.07) is 0. The van der Waals surface area contributed by atoms with Crippen molar-refractivity contribution in [1.29, 1.82) is 0 Å². The molecule has 3 aliphatic rings. The Hall–Kier alpha value is -0.120. The molecule has 2 saturated heterocycles. The first kappa shape index (κ1) is 15.8. The molecule has 0 unspecified atom stereocenters. The van der Waals surface area contributed by atoms with Crippen LogP contribution in [0.2, 0.25) is 0 Å². The molecule has 0 amide bonds. The molecule has 3 nitrogen and oxygen atoms in total. The van der Waals surface area contributed by atoms with Gasteiger partial charge < -0.3 is 14.5 Å². The Bertz CT molecular complexity index is 300. The summed E-state index contributed by atoms with van der Waals surface area (Å²) in [5.41, 5.74) is 0. The number of ether oxygens (including phenoxy) is 1.